The zero-order valence-electron chi connectivity index (χ0n) is 10.2. The Morgan fingerprint density at radius 2 is 2.41 bits per heavy atom. The summed E-state index contributed by atoms with van der Waals surface area (Å²) in [6.07, 6.45) is 3.28. The minimum atomic E-state index is 0.0684. The number of hydrogen-bond donors (Lipinski definition) is 1. The Morgan fingerprint density at radius 1 is 1.65 bits per heavy atom. The van der Waals surface area contributed by atoms with Gasteiger partial charge in [-0.3, -0.25) is 4.79 Å². The zero-order valence-corrected chi connectivity index (χ0v) is 11.0. The van der Waals surface area contributed by atoms with Crippen LogP contribution in [0.5, 0.6) is 0 Å². The molecule has 4 nitrogen and oxygen atoms in total. The first kappa shape index (κ1) is 12.5. The first-order chi connectivity index (χ1) is 8.24. The number of nitrogens with zero attached hydrogens (tertiary/aromatic N) is 2. The fourth-order valence-electron chi connectivity index (χ4n) is 1.78. The second-order valence-corrected chi connectivity index (χ2v) is 5.39. The third-order valence-electron chi connectivity index (χ3n) is 2.97. The highest BCUT2D eigenvalue weighted by molar-refractivity contribution is 7.09. The molecule has 5 heteroatoms. The van der Waals surface area contributed by atoms with E-state index in [1.165, 1.54) is 24.2 Å². The lowest BCUT2D eigenvalue weighted by Gasteiger charge is -2.19. The number of amides is 1. The average Bonchev–Trinajstić information content (AvgIpc) is 3.03. The second-order valence-electron chi connectivity index (χ2n) is 4.45. The number of rotatable bonds is 6. The van der Waals surface area contributed by atoms with Crippen LogP contribution in [0.3, 0.4) is 0 Å². The normalized spacial score (nSPS) is 14.9. The zero-order chi connectivity index (χ0) is 12.3. The molecule has 0 saturated heterocycles. The van der Waals surface area contributed by atoms with Crippen molar-refractivity contribution in [2.24, 2.45) is 11.7 Å². The highest BCUT2D eigenvalue weighted by Crippen LogP contribution is 2.30. The number of thiazole rings is 1. The van der Waals surface area contributed by atoms with Crippen LogP contribution in [0, 0.1) is 5.92 Å². The van der Waals surface area contributed by atoms with Crippen molar-refractivity contribution in [3.8, 4) is 0 Å². The summed E-state index contributed by atoms with van der Waals surface area (Å²) >= 11 is 1.53. The van der Waals surface area contributed by atoms with Gasteiger partial charge < -0.3 is 10.6 Å². The van der Waals surface area contributed by atoms with E-state index in [-0.39, 0.29) is 5.91 Å². The van der Waals surface area contributed by atoms with Gasteiger partial charge in [0.05, 0.1) is 5.01 Å². The lowest BCUT2D eigenvalue weighted by atomic mass is 10.3. The van der Waals surface area contributed by atoms with E-state index in [4.69, 9.17) is 5.73 Å². The summed E-state index contributed by atoms with van der Waals surface area (Å²) in [6.45, 7) is 4.26. The minimum absolute atomic E-state index is 0.0684. The molecule has 1 amide bonds. The largest absolute Gasteiger partial charge is 0.337 e. The molecule has 0 spiro atoms. The molecule has 1 aromatic heterocycles. The molecule has 1 fully saturated rings. The molecule has 1 aromatic rings. The fraction of sp³-hybridized carbons (Fsp3) is 0.667. The van der Waals surface area contributed by atoms with E-state index < -0.39 is 0 Å². The van der Waals surface area contributed by atoms with E-state index in [1.54, 1.807) is 0 Å². The maximum absolute atomic E-state index is 12.2. The third kappa shape index (κ3) is 3.26. The molecule has 0 aromatic carbocycles. The summed E-state index contributed by atoms with van der Waals surface area (Å²) in [5.41, 5.74) is 6.06. The third-order valence-corrected chi connectivity index (χ3v) is 3.88. The minimum Gasteiger partial charge on any atom is -0.337 e. The Labute approximate surface area is 106 Å². The van der Waals surface area contributed by atoms with Crippen LogP contribution >= 0.6 is 11.3 Å². The van der Waals surface area contributed by atoms with Gasteiger partial charge in [-0.1, -0.05) is 0 Å². The summed E-state index contributed by atoms with van der Waals surface area (Å²) < 4.78 is 0. The topological polar surface area (TPSA) is 59.2 Å². The predicted molar refractivity (Wildman–Crippen MR) is 69.2 cm³/mol. The number of carbonyl (C=O) groups excluding carboxylic acids is 1. The molecule has 0 radical (unpaired) electrons. The smallest absolute Gasteiger partial charge is 0.273 e. The lowest BCUT2D eigenvalue weighted by Crippen LogP contribution is -2.32. The Hall–Kier alpha value is -0.940. The van der Waals surface area contributed by atoms with Crippen LogP contribution in [-0.4, -0.2) is 35.4 Å². The van der Waals surface area contributed by atoms with Crippen LogP contribution in [-0.2, 0) is 6.42 Å². The van der Waals surface area contributed by atoms with Gasteiger partial charge in [0.2, 0.25) is 0 Å². The molecule has 0 atom stereocenters. The van der Waals surface area contributed by atoms with Crippen molar-refractivity contribution in [3.05, 3.63) is 16.1 Å². The van der Waals surface area contributed by atoms with Crippen LogP contribution in [0.4, 0.5) is 0 Å². The van der Waals surface area contributed by atoms with Gasteiger partial charge in [-0.15, -0.1) is 11.3 Å². The van der Waals surface area contributed by atoms with Crippen molar-refractivity contribution in [2.75, 3.05) is 19.6 Å². The standard InChI is InChI=1S/C12H19N3OS/c1-2-15(7-9-3-4-9)12(16)10-8-17-11(14-10)5-6-13/h8-9H,2-7,13H2,1H3. The van der Waals surface area contributed by atoms with E-state index in [0.29, 0.717) is 12.2 Å². The van der Waals surface area contributed by atoms with Gasteiger partial charge in [0, 0.05) is 24.9 Å². The summed E-state index contributed by atoms with van der Waals surface area (Å²) in [6, 6.07) is 0. The molecule has 2 rings (SSSR count). The van der Waals surface area contributed by atoms with Crippen LogP contribution < -0.4 is 5.73 Å². The number of nitrogens with two attached hydrogens (primary N) is 1. The first-order valence-corrected chi connectivity index (χ1v) is 7.06. The fourth-order valence-corrected chi connectivity index (χ4v) is 2.57. The average molecular weight is 253 g/mol. The maximum Gasteiger partial charge on any atom is 0.273 e. The molecule has 94 valence electrons. The quantitative estimate of drug-likeness (QED) is 0.836. The van der Waals surface area contributed by atoms with Crippen LogP contribution in [0.25, 0.3) is 0 Å². The van der Waals surface area contributed by atoms with Crippen molar-refractivity contribution < 1.29 is 4.79 Å². The van der Waals surface area contributed by atoms with Crippen LogP contribution in [0.15, 0.2) is 5.38 Å². The van der Waals surface area contributed by atoms with E-state index in [9.17, 15) is 4.79 Å². The van der Waals surface area contributed by atoms with E-state index in [2.05, 4.69) is 4.98 Å². The number of hydrogen-bond acceptors (Lipinski definition) is 4. The van der Waals surface area contributed by atoms with Gasteiger partial charge in [0.25, 0.3) is 5.91 Å². The molecule has 17 heavy (non-hydrogen) atoms. The van der Waals surface area contributed by atoms with Crippen LogP contribution in [0.2, 0.25) is 0 Å². The van der Waals surface area contributed by atoms with Crippen molar-refractivity contribution in [1.82, 2.24) is 9.88 Å². The van der Waals surface area contributed by atoms with Crippen molar-refractivity contribution in [1.29, 1.82) is 0 Å². The SMILES string of the molecule is CCN(CC1CC1)C(=O)c1csc(CCN)n1. The molecule has 0 bridgehead atoms. The van der Waals surface area contributed by atoms with E-state index in [1.807, 2.05) is 17.2 Å². The van der Waals surface area contributed by atoms with Gasteiger partial charge in [-0.05, 0) is 32.2 Å². The molecule has 1 aliphatic carbocycles. The maximum atomic E-state index is 12.2. The molecule has 1 aliphatic rings. The Bertz CT molecular complexity index is 387. The van der Waals surface area contributed by atoms with Gasteiger partial charge in [-0.2, -0.15) is 0 Å². The molecule has 0 unspecified atom stereocenters. The van der Waals surface area contributed by atoms with Crippen LogP contribution in [0.1, 0.15) is 35.3 Å². The van der Waals surface area contributed by atoms with Gasteiger partial charge in [0.1, 0.15) is 5.69 Å². The molecule has 1 heterocycles. The van der Waals surface area contributed by atoms with E-state index >= 15 is 0 Å². The van der Waals surface area contributed by atoms with Gasteiger partial charge in [-0.25, -0.2) is 4.98 Å². The molecule has 0 aliphatic heterocycles. The summed E-state index contributed by atoms with van der Waals surface area (Å²) in [7, 11) is 0. The number of carbonyl (C=O) groups is 1. The summed E-state index contributed by atoms with van der Waals surface area (Å²) in [5.74, 6) is 0.792. The van der Waals surface area contributed by atoms with Crippen molar-refractivity contribution in [2.45, 2.75) is 26.2 Å². The van der Waals surface area contributed by atoms with E-state index in [0.717, 1.165) is 30.4 Å². The van der Waals surface area contributed by atoms with Gasteiger partial charge >= 0.3 is 0 Å². The van der Waals surface area contributed by atoms with Crippen molar-refractivity contribution >= 4 is 17.2 Å². The molecular weight excluding hydrogens is 234 g/mol. The lowest BCUT2D eigenvalue weighted by molar-refractivity contribution is 0.0751. The summed E-state index contributed by atoms with van der Waals surface area (Å²) in [4.78, 5) is 18.4. The Balaban J connectivity index is 1.99. The monoisotopic (exact) mass is 253 g/mol. The predicted octanol–water partition coefficient (Wildman–Crippen LogP) is 1.52. The van der Waals surface area contributed by atoms with Crippen molar-refractivity contribution in [3.63, 3.8) is 0 Å². The van der Waals surface area contributed by atoms with Gasteiger partial charge in [0.15, 0.2) is 0 Å². The summed E-state index contributed by atoms with van der Waals surface area (Å²) in [5, 5.41) is 2.81. The highest BCUT2D eigenvalue weighted by Gasteiger charge is 2.27. The molecular formula is C12H19N3OS. The molecule has 1 saturated carbocycles. The Kier molecular flexibility index (Phi) is 4.12. The Morgan fingerprint density at radius 3 is 3.00 bits per heavy atom. The first-order valence-electron chi connectivity index (χ1n) is 6.18. The second kappa shape index (κ2) is 5.60. The molecule has 2 N–H and O–H groups in total. The highest BCUT2D eigenvalue weighted by atomic mass is 32.1. The number of aromatic nitrogens is 1.